The van der Waals surface area contributed by atoms with Crippen LogP contribution in [0.3, 0.4) is 0 Å². The molecule has 1 atom stereocenters. The highest BCUT2D eigenvalue weighted by Crippen LogP contribution is 2.29. The number of carbonyl (C=O) groups is 1. The topological polar surface area (TPSA) is 29.5 Å². The van der Waals surface area contributed by atoms with Gasteiger partial charge in [-0.2, -0.15) is 0 Å². The summed E-state index contributed by atoms with van der Waals surface area (Å²) in [6.45, 7) is 5.03. The molecule has 23 heavy (non-hydrogen) atoms. The number of hydrogen-bond acceptors (Lipinski definition) is 3. The molecule has 122 valence electrons. The number of ether oxygens (including phenoxy) is 1. The van der Waals surface area contributed by atoms with Crippen molar-refractivity contribution >= 4 is 12.0 Å². The van der Waals surface area contributed by atoms with Crippen molar-refractivity contribution in [3.63, 3.8) is 0 Å². The summed E-state index contributed by atoms with van der Waals surface area (Å²) in [4.78, 5) is 13.1. The highest BCUT2D eigenvalue weighted by Gasteiger charge is 2.24. The molecule has 2 aromatic rings. The monoisotopic (exact) mass is 311 g/mol. The second-order valence-electron chi connectivity index (χ2n) is 5.30. The van der Waals surface area contributed by atoms with Gasteiger partial charge in [0.2, 0.25) is 0 Å². The van der Waals surface area contributed by atoms with Crippen LogP contribution in [0.4, 0.5) is 5.69 Å². The second kappa shape index (κ2) is 8.99. The fourth-order valence-corrected chi connectivity index (χ4v) is 2.86. The summed E-state index contributed by atoms with van der Waals surface area (Å²) in [6.07, 6.45) is 3.89. The second-order valence-corrected chi connectivity index (χ2v) is 5.30. The van der Waals surface area contributed by atoms with Crippen LogP contribution < -0.4 is 9.64 Å². The molecule has 0 radical (unpaired) electrons. The summed E-state index contributed by atoms with van der Waals surface area (Å²) < 4.78 is 5.80. The average molecular weight is 311 g/mol. The molecule has 0 aliphatic carbocycles. The Morgan fingerprint density at radius 3 is 2.35 bits per heavy atom. The number of hydrogen-bond donors (Lipinski definition) is 0. The van der Waals surface area contributed by atoms with Crippen LogP contribution in [0.2, 0.25) is 0 Å². The largest absolute Gasteiger partial charge is 0.457 e. The van der Waals surface area contributed by atoms with Gasteiger partial charge in [-0.1, -0.05) is 32.0 Å². The molecule has 0 N–H and O–H groups in total. The first kappa shape index (κ1) is 17.1. The number of aldehydes is 1. The fraction of sp³-hybridized carbons (Fsp3) is 0.350. The van der Waals surface area contributed by atoms with Crippen molar-refractivity contribution in [3.05, 3.63) is 54.6 Å². The van der Waals surface area contributed by atoms with Gasteiger partial charge >= 0.3 is 0 Å². The standard InChI is InChI=1S/C18H19NO2.C2H6/c20-14-12-15-5-4-13-19(15)16-8-10-18(11-9-16)21-17-6-2-1-3-7-17;1-2/h1-3,6-11,14-15H,4-5,12-13H2;1-2H3/t15-;/m0./s1. The van der Waals surface area contributed by atoms with Gasteiger partial charge < -0.3 is 14.4 Å². The lowest BCUT2D eigenvalue weighted by atomic mass is 10.1. The van der Waals surface area contributed by atoms with Crippen LogP contribution in [-0.2, 0) is 4.79 Å². The molecule has 1 heterocycles. The van der Waals surface area contributed by atoms with Crippen molar-refractivity contribution in [2.24, 2.45) is 0 Å². The Balaban J connectivity index is 0.000000924. The number of anilines is 1. The third-order valence-corrected chi connectivity index (χ3v) is 3.89. The molecule has 3 heteroatoms. The van der Waals surface area contributed by atoms with Gasteiger partial charge in [0, 0.05) is 24.7 Å². The maximum absolute atomic E-state index is 10.7. The Hall–Kier alpha value is -2.29. The van der Waals surface area contributed by atoms with E-state index in [0.29, 0.717) is 12.5 Å². The summed E-state index contributed by atoms with van der Waals surface area (Å²) in [5.41, 5.74) is 1.17. The molecule has 0 unspecified atom stereocenters. The smallest absolute Gasteiger partial charge is 0.127 e. The molecule has 3 rings (SSSR count). The van der Waals surface area contributed by atoms with E-state index in [0.717, 1.165) is 37.2 Å². The molecular weight excluding hydrogens is 286 g/mol. The van der Waals surface area contributed by atoms with E-state index in [4.69, 9.17) is 4.74 Å². The zero-order chi connectivity index (χ0) is 16.5. The quantitative estimate of drug-likeness (QED) is 0.723. The van der Waals surface area contributed by atoms with Gasteiger partial charge in [-0.3, -0.25) is 0 Å². The predicted molar refractivity (Wildman–Crippen MR) is 95.4 cm³/mol. The Morgan fingerprint density at radius 2 is 1.70 bits per heavy atom. The first-order chi connectivity index (χ1) is 11.4. The molecule has 0 amide bonds. The average Bonchev–Trinajstić information content (AvgIpc) is 3.07. The number of carbonyl (C=O) groups excluding carboxylic acids is 1. The van der Waals surface area contributed by atoms with Gasteiger partial charge in [0.25, 0.3) is 0 Å². The van der Waals surface area contributed by atoms with Gasteiger partial charge in [0.1, 0.15) is 17.8 Å². The summed E-state index contributed by atoms with van der Waals surface area (Å²) in [5, 5.41) is 0. The number of rotatable bonds is 5. The SMILES string of the molecule is CC.O=CC[C@@H]1CCCN1c1ccc(Oc2ccccc2)cc1. The van der Waals surface area contributed by atoms with Gasteiger partial charge in [-0.25, -0.2) is 0 Å². The van der Waals surface area contributed by atoms with E-state index in [1.54, 1.807) is 0 Å². The molecule has 0 saturated carbocycles. The Labute approximate surface area is 138 Å². The maximum atomic E-state index is 10.7. The number of para-hydroxylation sites is 1. The highest BCUT2D eigenvalue weighted by molar-refractivity contribution is 5.56. The fourth-order valence-electron chi connectivity index (χ4n) is 2.86. The van der Waals surface area contributed by atoms with Crippen LogP contribution in [-0.4, -0.2) is 18.9 Å². The molecule has 1 fully saturated rings. The van der Waals surface area contributed by atoms with E-state index < -0.39 is 0 Å². The molecule has 2 aromatic carbocycles. The summed E-state index contributed by atoms with van der Waals surface area (Å²) in [5.74, 6) is 1.67. The van der Waals surface area contributed by atoms with Crippen molar-refractivity contribution < 1.29 is 9.53 Å². The van der Waals surface area contributed by atoms with Crippen LogP contribution >= 0.6 is 0 Å². The first-order valence-corrected chi connectivity index (χ1v) is 8.40. The Kier molecular flexibility index (Phi) is 6.67. The van der Waals surface area contributed by atoms with Gasteiger partial charge in [-0.15, -0.1) is 0 Å². The predicted octanol–water partition coefficient (Wildman–Crippen LogP) is 5.06. The summed E-state index contributed by atoms with van der Waals surface area (Å²) >= 11 is 0. The molecule has 1 aliphatic rings. The molecule has 3 nitrogen and oxygen atoms in total. The Bertz CT molecular complexity index is 580. The van der Waals surface area contributed by atoms with Crippen LogP contribution in [0.25, 0.3) is 0 Å². The van der Waals surface area contributed by atoms with E-state index in [2.05, 4.69) is 17.0 Å². The van der Waals surface area contributed by atoms with Crippen LogP contribution in [0.1, 0.15) is 33.1 Å². The number of benzene rings is 2. The lowest BCUT2D eigenvalue weighted by molar-refractivity contribution is -0.108. The van der Waals surface area contributed by atoms with Crippen molar-refractivity contribution in [1.82, 2.24) is 0 Å². The lowest BCUT2D eigenvalue weighted by Crippen LogP contribution is -2.29. The van der Waals surface area contributed by atoms with Crippen molar-refractivity contribution in [3.8, 4) is 11.5 Å². The summed E-state index contributed by atoms with van der Waals surface area (Å²) in [7, 11) is 0. The van der Waals surface area contributed by atoms with Crippen molar-refractivity contribution in [2.45, 2.75) is 39.2 Å². The van der Waals surface area contributed by atoms with E-state index in [9.17, 15) is 4.79 Å². The van der Waals surface area contributed by atoms with Crippen molar-refractivity contribution in [1.29, 1.82) is 0 Å². The molecule has 1 saturated heterocycles. The van der Waals surface area contributed by atoms with Gasteiger partial charge in [0.05, 0.1) is 0 Å². The molecule has 0 aromatic heterocycles. The van der Waals surface area contributed by atoms with Crippen LogP contribution in [0.15, 0.2) is 54.6 Å². The van der Waals surface area contributed by atoms with E-state index in [-0.39, 0.29) is 0 Å². The molecular formula is C20H25NO2. The minimum absolute atomic E-state index is 0.350. The lowest BCUT2D eigenvalue weighted by Gasteiger charge is -2.25. The van der Waals surface area contributed by atoms with E-state index in [1.807, 2.05) is 56.3 Å². The van der Waals surface area contributed by atoms with Gasteiger partial charge in [0.15, 0.2) is 0 Å². The molecule has 1 aliphatic heterocycles. The highest BCUT2D eigenvalue weighted by atomic mass is 16.5. The number of nitrogens with zero attached hydrogens (tertiary/aromatic N) is 1. The third kappa shape index (κ3) is 4.59. The normalized spacial score (nSPS) is 16.4. The first-order valence-electron chi connectivity index (χ1n) is 8.40. The zero-order valence-electron chi connectivity index (χ0n) is 13.9. The van der Waals surface area contributed by atoms with Crippen molar-refractivity contribution in [2.75, 3.05) is 11.4 Å². The van der Waals surface area contributed by atoms with Crippen LogP contribution in [0.5, 0.6) is 11.5 Å². The molecule has 0 bridgehead atoms. The van der Waals surface area contributed by atoms with E-state index in [1.165, 1.54) is 5.69 Å². The summed E-state index contributed by atoms with van der Waals surface area (Å²) in [6, 6.07) is 18.2. The Morgan fingerprint density at radius 1 is 1.04 bits per heavy atom. The van der Waals surface area contributed by atoms with Gasteiger partial charge in [-0.05, 0) is 49.2 Å². The van der Waals surface area contributed by atoms with E-state index >= 15 is 0 Å². The van der Waals surface area contributed by atoms with Crippen LogP contribution in [0, 0.1) is 0 Å². The minimum atomic E-state index is 0.350. The minimum Gasteiger partial charge on any atom is -0.457 e. The maximum Gasteiger partial charge on any atom is 0.127 e. The molecule has 0 spiro atoms. The zero-order valence-corrected chi connectivity index (χ0v) is 13.9. The third-order valence-electron chi connectivity index (χ3n) is 3.89.